The van der Waals surface area contributed by atoms with Gasteiger partial charge in [-0.15, -0.1) is 0 Å². The fourth-order valence-corrected chi connectivity index (χ4v) is 4.73. The number of likely N-dealkylation sites (tertiary alicyclic amines) is 2. The van der Waals surface area contributed by atoms with E-state index in [1.165, 1.54) is 64.5 Å². The molecule has 1 atom stereocenters. The van der Waals surface area contributed by atoms with Gasteiger partial charge in [-0.1, -0.05) is 19.3 Å². The number of guanidine groups is 1. The summed E-state index contributed by atoms with van der Waals surface area (Å²) in [6.07, 6.45) is 13.4. The van der Waals surface area contributed by atoms with Crippen LogP contribution < -0.4 is 5.32 Å². The Morgan fingerprint density at radius 1 is 1.08 bits per heavy atom. The molecule has 1 aliphatic carbocycles. The molecule has 4 rings (SSSR count). The van der Waals surface area contributed by atoms with Crippen LogP contribution in [0.3, 0.4) is 0 Å². The van der Waals surface area contributed by atoms with Gasteiger partial charge in [0.05, 0.1) is 6.26 Å². The molecule has 1 aromatic heterocycles. The number of nitrogens with one attached hydrogen (secondary N) is 1. The second-order valence-electron chi connectivity index (χ2n) is 8.15. The van der Waals surface area contributed by atoms with Gasteiger partial charge in [-0.05, 0) is 57.3 Å². The van der Waals surface area contributed by atoms with Gasteiger partial charge < -0.3 is 14.6 Å². The Morgan fingerprint density at radius 2 is 1.92 bits per heavy atom. The minimum atomic E-state index is 0.608. The van der Waals surface area contributed by atoms with Crippen LogP contribution in [0.1, 0.15) is 57.1 Å². The van der Waals surface area contributed by atoms with Crippen molar-refractivity contribution in [2.75, 3.05) is 32.7 Å². The maximum atomic E-state index is 5.47. The highest BCUT2D eigenvalue weighted by molar-refractivity contribution is 5.80. The number of nitrogens with zero attached hydrogens (tertiary/aromatic N) is 3. The van der Waals surface area contributed by atoms with Crippen molar-refractivity contribution >= 4 is 5.96 Å². The van der Waals surface area contributed by atoms with E-state index in [9.17, 15) is 0 Å². The molecule has 3 aliphatic rings. The Balaban J connectivity index is 1.37. The van der Waals surface area contributed by atoms with Gasteiger partial charge in [0, 0.05) is 38.1 Å². The lowest BCUT2D eigenvalue weighted by molar-refractivity contribution is 0.248. The molecule has 0 amide bonds. The van der Waals surface area contributed by atoms with Crippen LogP contribution in [-0.2, 0) is 6.42 Å². The van der Waals surface area contributed by atoms with Gasteiger partial charge in [0.2, 0.25) is 0 Å². The van der Waals surface area contributed by atoms with Gasteiger partial charge in [-0.2, -0.15) is 0 Å². The third-order valence-corrected chi connectivity index (χ3v) is 6.26. The number of aliphatic imine (C=N–C) groups is 1. The molecule has 0 radical (unpaired) electrons. The van der Waals surface area contributed by atoms with Crippen molar-refractivity contribution < 1.29 is 4.42 Å². The Hall–Kier alpha value is -1.49. The highest BCUT2D eigenvalue weighted by atomic mass is 16.3. The molecule has 2 saturated heterocycles. The van der Waals surface area contributed by atoms with E-state index in [1.807, 2.05) is 12.1 Å². The van der Waals surface area contributed by atoms with Crippen molar-refractivity contribution in [3.63, 3.8) is 0 Å². The number of hydrogen-bond acceptors (Lipinski definition) is 3. The third kappa shape index (κ3) is 4.61. The molecule has 1 saturated carbocycles. The summed E-state index contributed by atoms with van der Waals surface area (Å²) in [6.45, 7) is 5.66. The Morgan fingerprint density at radius 3 is 2.69 bits per heavy atom. The maximum Gasteiger partial charge on any atom is 0.194 e. The zero-order chi connectivity index (χ0) is 17.6. The van der Waals surface area contributed by atoms with Crippen LogP contribution in [0.25, 0.3) is 0 Å². The van der Waals surface area contributed by atoms with Gasteiger partial charge in [0.1, 0.15) is 5.76 Å². The summed E-state index contributed by atoms with van der Waals surface area (Å²) in [6, 6.07) is 5.34. The van der Waals surface area contributed by atoms with Gasteiger partial charge in [0.15, 0.2) is 5.96 Å². The second kappa shape index (κ2) is 8.94. The van der Waals surface area contributed by atoms with E-state index in [2.05, 4.69) is 15.1 Å². The number of rotatable bonds is 5. The molecule has 5 nitrogen and oxygen atoms in total. The molecule has 2 aliphatic heterocycles. The first-order valence-electron chi connectivity index (χ1n) is 10.7. The van der Waals surface area contributed by atoms with Crippen LogP contribution >= 0.6 is 0 Å². The summed E-state index contributed by atoms with van der Waals surface area (Å²) in [7, 11) is 0. The standard InChI is InChI=1S/C21H34N4O/c1-2-7-18(8-3-1)23-21(22-12-10-20-9-6-16-26-20)25-15-11-19(17-25)24-13-4-5-14-24/h6,9,16,18-19H,1-5,7-8,10-15,17H2,(H,22,23). The summed E-state index contributed by atoms with van der Waals surface area (Å²) in [5.74, 6) is 2.17. The summed E-state index contributed by atoms with van der Waals surface area (Å²) in [5.41, 5.74) is 0. The van der Waals surface area contributed by atoms with Crippen molar-refractivity contribution in [3.8, 4) is 0 Å². The zero-order valence-corrected chi connectivity index (χ0v) is 16.0. The smallest absolute Gasteiger partial charge is 0.194 e. The van der Waals surface area contributed by atoms with E-state index < -0.39 is 0 Å². The molecule has 3 fully saturated rings. The van der Waals surface area contributed by atoms with Crippen molar-refractivity contribution in [1.29, 1.82) is 0 Å². The Bertz CT molecular complexity index is 559. The number of furan rings is 1. The highest BCUT2D eigenvalue weighted by Crippen LogP contribution is 2.22. The molecule has 1 N–H and O–H groups in total. The molecular formula is C21H34N4O. The lowest BCUT2D eigenvalue weighted by atomic mass is 9.96. The summed E-state index contributed by atoms with van der Waals surface area (Å²) in [5, 5.41) is 3.82. The molecular weight excluding hydrogens is 324 g/mol. The molecule has 5 heteroatoms. The summed E-state index contributed by atoms with van der Waals surface area (Å²) in [4.78, 5) is 10.2. The highest BCUT2D eigenvalue weighted by Gasteiger charge is 2.31. The predicted molar refractivity (Wildman–Crippen MR) is 106 cm³/mol. The second-order valence-corrected chi connectivity index (χ2v) is 8.15. The minimum Gasteiger partial charge on any atom is -0.469 e. The molecule has 26 heavy (non-hydrogen) atoms. The molecule has 0 spiro atoms. The normalized spacial score (nSPS) is 25.9. The topological polar surface area (TPSA) is 44.0 Å². The first-order chi connectivity index (χ1) is 12.9. The van der Waals surface area contributed by atoms with Gasteiger partial charge in [-0.3, -0.25) is 9.89 Å². The zero-order valence-electron chi connectivity index (χ0n) is 16.0. The fraction of sp³-hybridized carbons (Fsp3) is 0.762. The minimum absolute atomic E-state index is 0.608. The molecule has 3 heterocycles. The van der Waals surface area contributed by atoms with Crippen molar-refractivity contribution in [2.24, 2.45) is 4.99 Å². The van der Waals surface area contributed by atoms with E-state index in [-0.39, 0.29) is 0 Å². The van der Waals surface area contributed by atoms with E-state index in [0.29, 0.717) is 6.04 Å². The van der Waals surface area contributed by atoms with Gasteiger partial charge in [-0.25, -0.2) is 0 Å². The van der Waals surface area contributed by atoms with Crippen molar-refractivity contribution in [2.45, 2.75) is 69.9 Å². The number of hydrogen-bond donors (Lipinski definition) is 1. The van der Waals surface area contributed by atoms with Crippen molar-refractivity contribution in [3.05, 3.63) is 24.2 Å². The van der Waals surface area contributed by atoms with E-state index in [4.69, 9.17) is 9.41 Å². The van der Waals surface area contributed by atoms with Crippen molar-refractivity contribution in [1.82, 2.24) is 15.1 Å². The van der Waals surface area contributed by atoms with Crippen LogP contribution in [0, 0.1) is 0 Å². The van der Waals surface area contributed by atoms with E-state index in [0.717, 1.165) is 43.8 Å². The first kappa shape index (κ1) is 17.9. The lowest BCUT2D eigenvalue weighted by Gasteiger charge is -2.30. The largest absolute Gasteiger partial charge is 0.469 e. The SMILES string of the molecule is c1coc(CCN=C(NC2CCCCC2)N2CCC(N3CCCC3)C2)c1. The monoisotopic (exact) mass is 358 g/mol. The molecule has 144 valence electrons. The maximum absolute atomic E-state index is 5.47. The Kier molecular flexibility index (Phi) is 6.15. The predicted octanol–water partition coefficient (Wildman–Crippen LogP) is 3.27. The molecule has 1 aromatic rings. The Labute approximate surface area is 157 Å². The van der Waals surface area contributed by atoms with E-state index in [1.54, 1.807) is 6.26 Å². The quantitative estimate of drug-likeness (QED) is 0.648. The third-order valence-electron chi connectivity index (χ3n) is 6.26. The summed E-state index contributed by atoms with van der Waals surface area (Å²) < 4.78 is 5.47. The molecule has 1 unspecified atom stereocenters. The lowest BCUT2D eigenvalue weighted by Crippen LogP contribution is -2.47. The summed E-state index contributed by atoms with van der Waals surface area (Å²) >= 11 is 0. The van der Waals surface area contributed by atoms with Gasteiger partial charge in [0.25, 0.3) is 0 Å². The van der Waals surface area contributed by atoms with Crippen LogP contribution in [0.2, 0.25) is 0 Å². The van der Waals surface area contributed by atoms with Crippen LogP contribution in [0.4, 0.5) is 0 Å². The average Bonchev–Trinajstić information content (AvgIpc) is 3.42. The van der Waals surface area contributed by atoms with Crippen LogP contribution in [0.5, 0.6) is 0 Å². The molecule has 0 bridgehead atoms. The van der Waals surface area contributed by atoms with E-state index >= 15 is 0 Å². The first-order valence-corrected chi connectivity index (χ1v) is 10.7. The van der Waals surface area contributed by atoms with Crippen LogP contribution in [-0.4, -0.2) is 60.6 Å². The average molecular weight is 359 g/mol. The fourth-order valence-electron chi connectivity index (χ4n) is 4.73. The molecule has 0 aromatic carbocycles. The van der Waals surface area contributed by atoms with Crippen LogP contribution in [0.15, 0.2) is 27.8 Å². The van der Waals surface area contributed by atoms with Gasteiger partial charge >= 0.3 is 0 Å².